The molecule has 0 spiro atoms. The van der Waals surface area contributed by atoms with E-state index in [-0.39, 0.29) is 17.2 Å². The number of rotatable bonds is 10. The molecule has 2 fully saturated rings. The number of aliphatic hydroxyl groups excluding tert-OH is 7. The van der Waals surface area contributed by atoms with E-state index in [1.807, 2.05) is 0 Å². The van der Waals surface area contributed by atoms with E-state index in [9.17, 15) is 45.6 Å². The van der Waals surface area contributed by atoms with Crippen molar-refractivity contribution in [2.45, 2.75) is 54.8 Å². The predicted octanol–water partition coefficient (Wildman–Crippen LogP) is -3.41. The molecule has 0 amide bonds. The molecule has 9 atom stereocenters. The van der Waals surface area contributed by atoms with Gasteiger partial charge in [-0.15, -0.1) is 0 Å². The van der Waals surface area contributed by atoms with Crippen LogP contribution in [0.15, 0.2) is 18.2 Å². The molecule has 2 saturated heterocycles. The molecule has 38 heavy (non-hydrogen) atoms. The number of aromatic hydroxyl groups is 1. The molecular formula is C23H32O15. The van der Waals surface area contributed by atoms with Crippen LogP contribution in [0.3, 0.4) is 0 Å². The molecule has 2 aliphatic rings. The highest BCUT2D eigenvalue weighted by Crippen LogP contribution is 2.39. The second-order valence-electron chi connectivity index (χ2n) is 8.58. The molecule has 3 rings (SSSR count). The number of ether oxygens (including phenoxy) is 6. The summed E-state index contributed by atoms with van der Waals surface area (Å²) in [5.74, 6) is -3.58. The van der Waals surface area contributed by atoms with Gasteiger partial charge < -0.3 is 69.3 Å². The highest BCUT2D eigenvalue weighted by molar-refractivity contribution is 5.87. The fourth-order valence-corrected chi connectivity index (χ4v) is 4.11. The lowest BCUT2D eigenvalue weighted by atomic mass is 9.99. The van der Waals surface area contributed by atoms with Crippen LogP contribution in [0.4, 0.5) is 0 Å². The molecular weight excluding hydrogens is 516 g/mol. The largest absolute Gasteiger partial charge is 0.502 e. The lowest BCUT2D eigenvalue weighted by Gasteiger charge is -2.43. The first-order chi connectivity index (χ1) is 18.0. The maximum Gasteiger partial charge on any atom is 0.331 e. The van der Waals surface area contributed by atoms with E-state index in [2.05, 4.69) is 0 Å². The third-order valence-corrected chi connectivity index (χ3v) is 6.20. The van der Waals surface area contributed by atoms with Crippen molar-refractivity contribution in [3.63, 3.8) is 0 Å². The van der Waals surface area contributed by atoms with Gasteiger partial charge in [0.1, 0.15) is 43.2 Å². The topological polar surface area (TPSA) is 234 Å². The van der Waals surface area contributed by atoms with Gasteiger partial charge in [0.25, 0.3) is 0 Å². The van der Waals surface area contributed by atoms with Gasteiger partial charge in [0, 0.05) is 6.08 Å². The number of hydrogen-bond donors (Lipinski definition) is 8. The highest BCUT2D eigenvalue weighted by atomic mass is 16.8. The van der Waals surface area contributed by atoms with Crippen LogP contribution < -0.4 is 9.47 Å². The average Bonchev–Trinajstić information content (AvgIpc) is 3.18. The molecule has 15 nitrogen and oxygen atoms in total. The lowest BCUT2D eigenvalue weighted by Crippen LogP contribution is -2.63. The minimum absolute atomic E-state index is 0.0648. The number of esters is 1. The third-order valence-electron chi connectivity index (χ3n) is 6.20. The fourth-order valence-electron chi connectivity index (χ4n) is 4.11. The van der Waals surface area contributed by atoms with E-state index in [1.165, 1.54) is 32.4 Å². The van der Waals surface area contributed by atoms with Gasteiger partial charge >= 0.3 is 5.97 Å². The molecule has 0 aliphatic carbocycles. The smallest absolute Gasteiger partial charge is 0.331 e. The van der Waals surface area contributed by atoms with Gasteiger partial charge in [0.2, 0.25) is 11.5 Å². The molecule has 8 N–H and O–H groups in total. The minimum Gasteiger partial charge on any atom is -0.502 e. The number of phenols is 1. The Morgan fingerprint density at radius 2 is 1.55 bits per heavy atom. The molecule has 0 unspecified atom stereocenters. The molecule has 0 radical (unpaired) electrons. The maximum atomic E-state index is 12.7. The Morgan fingerprint density at radius 1 is 0.947 bits per heavy atom. The van der Waals surface area contributed by atoms with E-state index >= 15 is 0 Å². The standard InChI is InChI=1S/C23H32O15/c1-33-11-5-10(6-12(34-2)16(11)28)3-4-15(27)36-21-18(30)14(8-25)37-23(21,9-26)38-22-20(32)19(31)17(29)13(7-24)35-22/h3-6,13-14,17-22,24-26,28-32H,7-9H2,1-2H3/t13-,14-,17-,18-,19+,20-,21-,22+,23+/m1/s1. The second-order valence-corrected chi connectivity index (χ2v) is 8.58. The number of phenolic OH excluding ortho intramolecular Hbond substituents is 1. The molecule has 2 heterocycles. The molecule has 15 heteroatoms. The van der Waals surface area contributed by atoms with Crippen molar-refractivity contribution in [1.29, 1.82) is 0 Å². The monoisotopic (exact) mass is 548 g/mol. The van der Waals surface area contributed by atoms with Gasteiger partial charge in [-0.3, -0.25) is 0 Å². The molecule has 0 saturated carbocycles. The normalized spacial score (nSPS) is 35.4. The van der Waals surface area contributed by atoms with E-state index in [1.54, 1.807) is 0 Å². The van der Waals surface area contributed by atoms with Crippen molar-refractivity contribution in [2.24, 2.45) is 0 Å². The van der Waals surface area contributed by atoms with Gasteiger partial charge in [-0.2, -0.15) is 0 Å². The fraction of sp³-hybridized carbons (Fsp3) is 0.609. The summed E-state index contributed by atoms with van der Waals surface area (Å²) in [6, 6.07) is 2.80. The number of aliphatic hydroxyl groups is 7. The molecule has 1 aromatic rings. The summed E-state index contributed by atoms with van der Waals surface area (Å²) in [4.78, 5) is 12.7. The quantitative estimate of drug-likeness (QED) is 0.105. The lowest BCUT2D eigenvalue weighted by molar-refractivity contribution is -0.383. The second kappa shape index (κ2) is 12.5. The van der Waals surface area contributed by atoms with E-state index in [4.69, 9.17) is 28.4 Å². The number of carbonyl (C=O) groups excluding carboxylic acids is 1. The zero-order chi connectivity index (χ0) is 28.2. The Labute approximate surface area is 216 Å². The zero-order valence-corrected chi connectivity index (χ0v) is 20.5. The van der Waals surface area contributed by atoms with Gasteiger partial charge in [-0.25, -0.2) is 4.79 Å². The molecule has 2 aliphatic heterocycles. The van der Waals surface area contributed by atoms with Gasteiger partial charge in [-0.1, -0.05) is 0 Å². The van der Waals surface area contributed by atoms with Crippen LogP contribution in [0.5, 0.6) is 17.2 Å². The molecule has 1 aromatic carbocycles. The predicted molar refractivity (Wildman–Crippen MR) is 123 cm³/mol. The van der Waals surface area contributed by atoms with Gasteiger partial charge in [0.15, 0.2) is 23.9 Å². The highest BCUT2D eigenvalue weighted by Gasteiger charge is 2.60. The Hall–Kier alpha value is -2.57. The molecule has 0 bridgehead atoms. The summed E-state index contributed by atoms with van der Waals surface area (Å²) in [5, 5.41) is 80.1. The summed E-state index contributed by atoms with van der Waals surface area (Å²) < 4.78 is 31.7. The van der Waals surface area contributed by atoms with Crippen LogP contribution in [0, 0.1) is 0 Å². The van der Waals surface area contributed by atoms with Gasteiger partial charge in [0.05, 0.1) is 27.4 Å². The van der Waals surface area contributed by atoms with Crippen LogP contribution in [-0.4, -0.2) is 136 Å². The van der Waals surface area contributed by atoms with E-state index < -0.39 is 80.6 Å². The van der Waals surface area contributed by atoms with Crippen molar-refractivity contribution in [2.75, 3.05) is 34.0 Å². The Morgan fingerprint density at radius 3 is 2.08 bits per heavy atom. The number of methoxy groups -OCH3 is 2. The maximum absolute atomic E-state index is 12.7. The minimum atomic E-state index is -2.39. The van der Waals surface area contributed by atoms with Crippen molar-refractivity contribution in [1.82, 2.24) is 0 Å². The number of benzene rings is 1. The summed E-state index contributed by atoms with van der Waals surface area (Å²) in [7, 11) is 2.64. The first-order valence-electron chi connectivity index (χ1n) is 11.4. The van der Waals surface area contributed by atoms with Crippen molar-refractivity contribution in [3.05, 3.63) is 23.8 Å². The van der Waals surface area contributed by atoms with Crippen molar-refractivity contribution >= 4 is 12.0 Å². The van der Waals surface area contributed by atoms with Crippen molar-refractivity contribution < 1.29 is 74.1 Å². The van der Waals surface area contributed by atoms with Crippen LogP contribution >= 0.6 is 0 Å². The number of carbonyl (C=O) groups is 1. The summed E-state index contributed by atoms with van der Waals surface area (Å²) >= 11 is 0. The van der Waals surface area contributed by atoms with Crippen molar-refractivity contribution in [3.8, 4) is 17.2 Å². The Bertz CT molecular complexity index is 959. The summed E-state index contributed by atoms with van der Waals surface area (Å²) in [6.07, 6.45) is -11.3. The van der Waals surface area contributed by atoms with Crippen LogP contribution in [0.2, 0.25) is 0 Å². The Balaban J connectivity index is 1.84. The molecule has 214 valence electrons. The van der Waals surface area contributed by atoms with Crippen LogP contribution in [0.1, 0.15) is 5.56 Å². The van der Waals surface area contributed by atoms with E-state index in [0.29, 0.717) is 5.56 Å². The third kappa shape index (κ3) is 5.86. The zero-order valence-electron chi connectivity index (χ0n) is 20.5. The SMILES string of the molecule is COc1cc(C=CC(=O)O[C@@H]2[C@H](O)[C@@H](CO)O[C@@]2(CO)O[C@@H]2O[C@H](CO)[C@@H](O)[C@H](O)[C@H]2O)cc(OC)c1O. The van der Waals surface area contributed by atoms with Gasteiger partial charge in [-0.05, 0) is 23.8 Å². The summed E-state index contributed by atoms with van der Waals surface area (Å²) in [6.45, 7) is -2.63. The number of hydrogen-bond acceptors (Lipinski definition) is 15. The summed E-state index contributed by atoms with van der Waals surface area (Å²) in [5.41, 5.74) is 0.357. The van der Waals surface area contributed by atoms with Crippen LogP contribution in [0.25, 0.3) is 6.08 Å². The molecule has 0 aromatic heterocycles. The Kier molecular flexibility index (Phi) is 9.88. The first-order valence-corrected chi connectivity index (χ1v) is 11.4. The first kappa shape index (κ1) is 30.0. The average molecular weight is 548 g/mol. The van der Waals surface area contributed by atoms with E-state index in [0.717, 1.165) is 6.08 Å². The van der Waals surface area contributed by atoms with Crippen LogP contribution in [-0.2, 0) is 23.7 Å².